The van der Waals surface area contributed by atoms with Crippen LogP contribution in [0.4, 0.5) is 10.1 Å². The Labute approximate surface area is 240 Å². The summed E-state index contributed by atoms with van der Waals surface area (Å²) in [6.07, 6.45) is 1.48. The maximum atomic E-state index is 13.2. The van der Waals surface area contributed by atoms with Gasteiger partial charge in [0.05, 0.1) is 6.61 Å². The maximum Gasteiger partial charge on any atom is 0.266 e. The monoisotopic (exact) mass is 600 g/mol. The molecule has 8 heteroatoms. The molecule has 0 saturated carbocycles. The molecule has 6 nitrogen and oxygen atoms in total. The second-order valence-electron chi connectivity index (χ2n) is 8.59. The molecule has 4 rings (SSSR count). The van der Waals surface area contributed by atoms with Gasteiger partial charge in [0.25, 0.3) is 5.91 Å². The van der Waals surface area contributed by atoms with Gasteiger partial charge in [0.2, 0.25) is 0 Å². The van der Waals surface area contributed by atoms with Crippen molar-refractivity contribution in [2.45, 2.75) is 20.1 Å². The number of halogens is 2. The summed E-state index contributed by atoms with van der Waals surface area (Å²) in [4.78, 5) is 12.9. The number of ether oxygens (including phenoxy) is 3. The SMILES string of the molecule is CCOc1cc(/C=C(\C#N)C(=O)Nc2ccc(OCc3ccccc3)cc2)c(Br)cc1OCc1ccc(F)cc1. The zero-order valence-corrected chi connectivity index (χ0v) is 23.3. The van der Waals surface area contributed by atoms with Gasteiger partial charge >= 0.3 is 0 Å². The van der Waals surface area contributed by atoms with Gasteiger partial charge < -0.3 is 19.5 Å². The molecular weight excluding hydrogens is 575 g/mol. The van der Waals surface area contributed by atoms with E-state index in [1.165, 1.54) is 18.2 Å². The first-order valence-electron chi connectivity index (χ1n) is 12.5. The van der Waals surface area contributed by atoms with E-state index < -0.39 is 5.91 Å². The van der Waals surface area contributed by atoms with Crippen LogP contribution in [0.15, 0.2) is 101 Å². The van der Waals surface area contributed by atoms with Gasteiger partial charge in [-0.25, -0.2) is 4.39 Å². The van der Waals surface area contributed by atoms with Crippen LogP contribution in [0.2, 0.25) is 0 Å². The number of carbonyl (C=O) groups is 1. The van der Waals surface area contributed by atoms with E-state index >= 15 is 0 Å². The smallest absolute Gasteiger partial charge is 0.266 e. The van der Waals surface area contributed by atoms with Crippen LogP contribution in [-0.2, 0) is 18.0 Å². The van der Waals surface area contributed by atoms with E-state index in [1.807, 2.05) is 43.3 Å². The Bertz CT molecular complexity index is 1520. The average Bonchev–Trinajstić information content (AvgIpc) is 2.97. The summed E-state index contributed by atoms with van der Waals surface area (Å²) in [5, 5.41) is 12.5. The van der Waals surface area contributed by atoms with Crippen molar-refractivity contribution >= 4 is 33.6 Å². The van der Waals surface area contributed by atoms with Crippen molar-refractivity contribution < 1.29 is 23.4 Å². The highest BCUT2D eigenvalue weighted by Crippen LogP contribution is 2.35. The van der Waals surface area contributed by atoms with E-state index in [-0.39, 0.29) is 18.0 Å². The van der Waals surface area contributed by atoms with E-state index in [1.54, 1.807) is 48.5 Å². The van der Waals surface area contributed by atoms with Crippen LogP contribution in [0, 0.1) is 17.1 Å². The number of amides is 1. The zero-order valence-electron chi connectivity index (χ0n) is 21.7. The summed E-state index contributed by atoms with van der Waals surface area (Å²) < 4.78 is 31.2. The summed E-state index contributed by atoms with van der Waals surface area (Å²) in [5.41, 5.74) is 2.84. The van der Waals surface area contributed by atoms with Crippen LogP contribution in [0.25, 0.3) is 6.08 Å². The van der Waals surface area contributed by atoms with Crippen LogP contribution < -0.4 is 19.5 Å². The van der Waals surface area contributed by atoms with Crippen molar-refractivity contribution in [2.75, 3.05) is 11.9 Å². The molecule has 4 aromatic rings. The lowest BCUT2D eigenvalue weighted by molar-refractivity contribution is -0.112. The molecule has 0 spiro atoms. The third-order valence-corrected chi connectivity index (χ3v) is 6.38. The minimum Gasteiger partial charge on any atom is -0.490 e. The van der Waals surface area contributed by atoms with Crippen LogP contribution in [0.1, 0.15) is 23.6 Å². The van der Waals surface area contributed by atoms with Crippen molar-refractivity contribution in [1.82, 2.24) is 0 Å². The first-order chi connectivity index (χ1) is 19.4. The first-order valence-corrected chi connectivity index (χ1v) is 13.3. The van der Waals surface area contributed by atoms with Crippen LogP contribution in [-0.4, -0.2) is 12.5 Å². The number of nitrogens with one attached hydrogen (secondary N) is 1. The molecule has 40 heavy (non-hydrogen) atoms. The number of rotatable bonds is 11. The predicted molar refractivity (Wildman–Crippen MR) is 155 cm³/mol. The first kappa shape index (κ1) is 28.4. The Morgan fingerprint density at radius 3 is 2.23 bits per heavy atom. The van der Waals surface area contributed by atoms with E-state index in [0.717, 1.165) is 11.1 Å². The highest BCUT2D eigenvalue weighted by atomic mass is 79.9. The van der Waals surface area contributed by atoms with Gasteiger partial charge in [0.15, 0.2) is 11.5 Å². The minimum atomic E-state index is -0.554. The van der Waals surface area contributed by atoms with Crippen LogP contribution >= 0.6 is 15.9 Å². The van der Waals surface area contributed by atoms with Crippen molar-refractivity contribution in [3.63, 3.8) is 0 Å². The molecule has 0 aliphatic rings. The second kappa shape index (κ2) is 14.0. The molecule has 0 fully saturated rings. The van der Waals surface area contributed by atoms with E-state index in [2.05, 4.69) is 21.2 Å². The Balaban J connectivity index is 1.44. The Hall–Kier alpha value is -4.61. The Kier molecular flexibility index (Phi) is 9.92. The summed E-state index contributed by atoms with van der Waals surface area (Å²) in [7, 11) is 0. The van der Waals surface area contributed by atoms with Crippen LogP contribution in [0.5, 0.6) is 17.2 Å². The van der Waals surface area contributed by atoms with E-state index in [4.69, 9.17) is 14.2 Å². The highest BCUT2D eigenvalue weighted by Gasteiger charge is 2.15. The predicted octanol–water partition coefficient (Wildman–Crippen LogP) is 7.69. The van der Waals surface area contributed by atoms with Crippen molar-refractivity contribution in [2.24, 2.45) is 0 Å². The number of hydrogen-bond acceptors (Lipinski definition) is 5. The maximum absolute atomic E-state index is 13.2. The minimum absolute atomic E-state index is 0.0902. The van der Waals surface area contributed by atoms with Gasteiger partial charge in [0.1, 0.15) is 36.4 Å². The summed E-state index contributed by atoms with van der Waals surface area (Å²) in [5.74, 6) is 0.699. The fourth-order valence-electron chi connectivity index (χ4n) is 3.66. The van der Waals surface area contributed by atoms with Gasteiger partial charge in [-0.3, -0.25) is 4.79 Å². The molecule has 0 aromatic heterocycles. The third kappa shape index (κ3) is 7.95. The normalized spacial score (nSPS) is 10.9. The number of anilines is 1. The fraction of sp³-hybridized carbons (Fsp3) is 0.125. The standard InChI is InChI=1S/C32H26BrFN2O4/c1-2-38-30-17-24(29(33)18-31(30)40-21-23-8-10-26(34)11-9-23)16-25(19-35)32(37)36-27-12-14-28(15-13-27)39-20-22-6-4-3-5-7-22/h3-18H,2,20-21H2,1H3,(H,36,37)/b25-16+. The Morgan fingerprint density at radius 2 is 1.55 bits per heavy atom. The van der Waals surface area contributed by atoms with Gasteiger partial charge in [-0.05, 0) is 78.2 Å². The summed E-state index contributed by atoms with van der Waals surface area (Å²) in [6, 6.07) is 28.1. The quantitative estimate of drug-likeness (QED) is 0.141. The number of nitrogens with zero attached hydrogens (tertiary/aromatic N) is 1. The third-order valence-electron chi connectivity index (χ3n) is 5.70. The topological polar surface area (TPSA) is 80.6 Å². The van der Waals surface area contributed by atoms with E-state index in [0.29, 0.717) is 46.2 Å². The van der Waals surface area contributed by atoms with Gasteiger partial charge in [-0.1, -0.05) is 58.4 Å². The Morgan fingerprint density at radius 1 is 0.900 bits per heavy atom. The van der Waals surface area contributed by atoms with Gasteiger partial charge in [0, 0.05) is 10.2 Å². The molecule has 0 heterocycles. The highest BCUT2D eigenvalue weighted by molar-refractivity contribution is 9.10. The van der Waals surface area contributed by atoms with Crippen LogP contribution in [0.3, 0.4) is 0 Å². The molecule has 202 valence electrons. The second-order valence-corrected chi connectivity index (χ2v) is 9.45. The van der Waals surface area contributed by atoms with Crippen molar-refractivity contribution in [1.29, 1.82) is 5.26 Å². The van der Waals surface area contributed by atoms with E-state index in [9.17, 15) is 14.4 Å². The lowest BCUT2D eigenvalue weighted by Gasteiger charge is -2.14. The lowest BCUT2D eigenvalue weighted by atomic mass is 10.1. The zero-order chi connectivity index (χ0) is 28.3. The number of benzene rings is 4. The summed E-state index contributed by atoms with van der Waals surface area (Å²) in [6.45, 7) is 2.87. The molecule has 0 atom stereocenters. The summed E-state index contributed by atoms with van der Waals surface area (Å²) >= 11 is 3.50. The molecule has 0 aliphatic heterocycles. The van der Waals surface area contributed by atoms with Gasteiger partial charge in [-0.15, -0.1) is 0 Å². The number of carbonyl (C=O) groups excluding carboxylic acids is 1. The molecule has 0 saturated heterocycles. The number of nitriles is 1. The van der Waals surface area contributed by atoms with Gasteiger partial charge in [-0.2, -0.15) is 5.26 Å². The lowest BCUT2D eigenvalue weighted by Crippen LogP contribution is -2.13. The molecule has 4 aromatic carbocycles. The molecule has 1 N–H and O–H groups in total. The van der Waals surface area contributed by atoms with Crippen molar-refractivity contribution in [3.05, 3.63) is 124 Å². The molecule has 0 unspecified atom stereocenters. The fourth-order valence-corrected chi connectivity index (χ4v) is 4.10. The molecule has 0 aliphatic carbocycles. The van der Waals surface area contributed by atoms with Crippen molar-refractivity contribution in [3.8, 4) is 23.3 Å². The molecular formula is C32H26BrFN2O4. The molecule has 0 bridgehead atoms. The average molecular weight is 601 g/mol. The number of hydrogen-bond donors (Lipinski definition) is 1. The molecule has 1 amide bonds. The molecule has 0 radical (unpaired) electrons. The largest absolute Gasteiger partial charge is 0.490 e.